The SMILES string of the molecule is O=C(Nc1cccc2ccccc12)c1c(O)[nH]c(=S)[nH]c1=O. The first-order valence-electron chi connectivity index (χ1n) is 6.41. The highest BCUT2D eigenvalue weighted by molar-refractivity contribution is 7.71. The predicted octanol–water partition coefficient (Wildman–Crippen LogP) is 2.54. The lowest BCUT2D eigenvalue weighted by molar-refractivity contribution is 0.102. The number of rotatable bonds is 2. The van der Waals surface area contributed by atoms with Crippen LogP contribution in [0.15, 0.2) is 47.3 Å². The summed E-state index contributed by atoms with van der Waals surface area (Å²) in [5.74, 6) is -1.28. The summed E-state index contributed by atoms with van der Waals surface area (Å²) in [5.41, 5.74) is -0.620. The molecule has 0 bridgehead atoms. The topological polar surface area (TPSA) is 98.0 Å². The molecule has 0 atom stereocenters. The zero-order valence-electron chi connectivity index (χ0n) is 11.2. The fraction of sp³-hybridized carbons (Fsp3) is 0. The molecule has 0 aliphatic carbocycles. The Hall–Kier alpha value is -2.93. The van der Waals surface area contributed by atoms with Gasteiger partial charge >= 0.3 is 0 Å². The summed E-state index contributed by atoms with van der Waals surface area (Å²) in [6.45, 7) is 0. The Morgan fingerprint density at radius 3 is 2.59 bits per heavy atom. The fourth-order valence-electron chi connectivity index (χ4n) is 2.20. The largest absolute Gasteiger partial charge is 0.494 e. The summed E-state index contributed by atoms with van der Waals surface area (Å²) in [5, 5.41) is 14.1. The van der Waals surface area contributed by atoms with Crippen molar-refractivity contribution >= 4 is 34.6 Å². The zero-order valence-corrected chi connectivity index (χ0v) is 12.0. The Balaban J connectivity index is 2.05. The van der Waals surface area contributed by atoms with Gasteiger partial charge in [0.1, 0.15) is 0 Å². The van der Waals surface area contributed by atoms with Crippen LogP contribution in [0.25, 0.3) is 10.8 Å². The highest BCUT2D eigenvalue weighted by Crippen LogP contribution is 2.23. The van der Waals surface area contributed by atoms with Crippen molar-refractivity contribution in [3.8, 4) is 5.88 Å². The van der Waals surface area contributed by atoms with Gasteiger partial charge in [0.2, 0.25) is 5.88 Å². The first kappa shape index (κ1) is 14.0. The van der Waals surface area contributed by atoms with Crippen LogP contribution >= 0.6 is 12.2 Å². The van der Waals surface area contributed by atoms with E-state index >= 15 is 0 Å². The van der Waals surface area contributed by atoms with Crippen molar-refractivity contribution in [1.29, 1.82) is 0 Å². The fourth-order valence-corrected chi connectivity index (χ4v) is 2.39. The van der Waals surface area contributed by atoms with Gasteiger partial charge < -0.3 is 15.4 Å². The molecule has 2 aromatic carbocycles. The van der Waals surface area contributed by atoms with Gasteiger partial charge in [-0.3, -0.25) is 14.6 Å². The lowest BCUT2D eigenvalue weighted by atomic mass is 10.1. The van der Waals surface area contributed by atoms with Crippen molar-refractivity contribution in [3.63, 3.8) is 0 Å². The van der Waals surface area contributed by atoms with Crippen molar-refractivity contribution in [2.75, 3.05) is 5.32 Å². The average Bonchev–Trinajstić information content (AvgIpc) is 2.46. The number of H-pyrrole nitrogens is 2. The number of aromatic amines is 2. The summed E-state index contributed by atoms with van der Waals surface area (Å²) >= 11 is 4.72. The monoisotopic (exact) mass is 313 g/mol. The first-order valence-corrected chi connectivity index (χ1v) is 6.82. The molecule has 0 fully saturated rings. The van der Waals surface area contributed by atoms with E-state index in [1.54, 1.807) is 12.1 Å². The van der Waals surface area contributed by atoms with Gasteiger partial charge in [-0.05, 0) is 23.7 Å². The highest BCUT2D eigenvalue weighted by atomic mass is 32.1. The van der Waals surface area contributed by atoms with Gasteiger partial charge in [0.05, 0.1) is 0 Å². The number of hydrogen-bond acceptors (Lipinski definition) is 4. The molecule has 3 aromatic rings. The standard InChI is InChI=1S/C15H11N3O3S/c19-12(11-13(20)17-15(22)18-14(11)21)16-10-7-3-5-8-4-1-2-6-9(8)10/h1-7H,(H,16,19)(H3,17,18,20,21,22). The van der Waals surface area contributed by atoms with Crippen LogP contribution in [0.3, 0.4) is 0 Å². The number of amides is 1. The molecule has 0 saturated carbocycles. The minimum absolute atomic E-state index is 0.0517. The first-order chi connectivity index (χ1) is 10.6. The molecule has 4 N–H and O–H groups in total. The van der Waals surface area contributed by atoms with E-state index in [0.717, 1.165) is 10.8 Å². The third-order valence-electron chi connectivity index (χ3n) is 3.19. The summed E-state index contributed by atoms with van der Waals surface area (Å²) in [6.07, 6.45) is 0. The quantitative estimate of drug-likeness (QED) is 0.546. The Morgan fingerprint density at radius 1 is 1.09 bits per heavy atom. The second-order valence-electron chi connectivity index (χ2n) is 4.61. The van der Waals surface area contributed by atoms with Crippen LogP contribution in [-0.2, 0) is 0 Å². The molecule has 1 aromatic heterocycles. The molecule has 110 valence electrons. The van der Waals surface area contributed by atoms with Crippen molar-refractivity contribution in [1.82, 2.24) is 9.97 Å². The van der Waals surface area contributed by atoms with Gasteiger partial charge in [0.15, 0.2) is 10.3 Å². The van der Waals surface area contributed by atoms with Gasteiger partial charge in [0.25, 0.3) is 11.5 Å². The van der Waals surface area contributed by atoms with E-state index < -0.39 is 22.9 Å². The molecule has 7 heteroatoms. The molecule has 1 heterocycles. The Bertz CT molecular complexity index is 986. The Kier molecular flexibility index (Phi) is 3.48. The van der Waals surface area contributed by atoms with Gasteiger partial charge in [-0.1, -0.05) is 36.4 Å². The van der Waals surface area contributed by atoms with Crippen molar-refractivity contribution < 1.29 is 9.90 Å². The normalized spacial score (nSPS) is 10.5. The average molecular weight is 313 g/mol. The highest BCUT2D eigenvalue weighted by Gasteiger charge is 2.17. The number of hydrogen-bond donors (Lipinski definition) is 4. The summed E-state index contributed by atoms with van der Waals surface area (Å²) in [4.78, 5) is 28.7. The number of anilines is 1. The van der Waals surface area contributed by atoms with Crippen LogP contribution in [-0.4, -0.2) is 21.0 Å². The maximum absolute atomic E-state index is 12.3. The molecule has 0 unspecified atom stereocenters. The van der Waals surface area contributed by atoms with Crippen LogP contribution in [0.1, 0.15) is 10.4 Å². The molecule has 0 spiro atoms. The van der Waals surface area contributed by atoms with E-state index in [2.05, 4.69) is 15.3 Å². The second-order valence-corrected chi connectivity index (χ2v) is 5.02. The summed E-state index contributed by atoms with van der Waals surface area (Å²) < 4.78 is -0.0517. The van der Waals surface area contributed by atoms with E-state index in [4.69, 9.17) is 12.2 Å². The van der Waals surface area contributed by atoms with Crippen LogP contribution in [0, 0.1) is 4.77 Å². The molecule has 0 saturated heterocycles. The molecule has 3 rings (SSSR count). The maximum Gasteiger partial charge on any atom is 0.268 e. The van der Waals surface area contributed by atoms with Crippen molar-refractivity contribution in [3.05, 3.63) is 63.2 Å². The van der Waals surface area contributed by atoms with Gasteiger partial charge in [-0.15, -0.1) is 0 Å². The van der Waals surface area contributed by atoms with E-state index in [1.165, 1.54) is 0 Å². The lowest BCUT2D eigenvalue weighted by Gasteiger charge is -2.09. The van der Waals surface area contributed by atoms with E-state index in [0.29, 0.717) is 5.69 Å². The Labute approximate surface area is 129 Å². The number of fused-ring (bicyclic) bond motifs is 1. The molecule has 0 aliphatic rings. The van der Waals surface area contributed by atoms with Crippen LogP contribution < -0.4 is 10.9 Å². The van der Waals surface area contributed by atoms with E-state index in [-0.39, 0.29) is 4.77 Å². The zero-order chi connectivity index (χ0) is 15.7. The van der Waals surface area contributed by atoms with Crippen LogP contribution in [0.5, 0.6) is 5.88 Å². The lowest BCUT2D eigenvalue weighted by Crippen LogP contribution is -2.24. The molecule has 6 nitrogen and oxygen atoms in total. The van der Waals surface area contributed by atoms with Crippen molar-refractivity contribution in [2.24, 2.45) is 0 Å². The number of aromatic nitrogens is 2. The Morgan fingerprint density at radius 2 is 1.82 bits per heavy atom. The number of carbonyl (C=O) groups is 1. The number of nitrogens with one attached hydrogen (secondary N) is 3. The van der Waals surface area contributed by atoms with Gasteiger partial charge in [0, 0.05) is 11.1 Å². The third-order valence-corrected chi connectivity index (χ3v) is 3.39. The third kappa shape index (κ3) is 2.49. The van der Waals surface area contributed by atoms with Crippen molar-refractivity contribution in [2.45, 2.75) is 0 Å². The minimum atomic E-state index is -0.751. The molecule has 1 amide bonds. The van der Waals surface area contributed by atoms with Crippen LogP contribution in [0.2, 0.25) is 0 Å². The molecular weight excluding hydrogens is 302 g/mol. The molecular formula is C15H11N3O3S. The van der Waals surface area contributed by atoms with Gasteiger partial charge in [-0.25, -0.2) is 0 Å². The molecule has 22 heavy (non-hydrogen) atoms. The number of aromatic hydroxyl groups is 1. The smallest absolute Gasteiger partial charge is 0.268 e. The van der Waals surface area contributed by atoms with Crippen LogP contribution in [0.4, 0.5) is 5.69 Å². The van der Waals surface area contributed by atoms with Gasteiger partial charge in [-0.2, -0.15) is 0 Å². The number of benzene rings is 2. The second kappa shape index (κ2) is 5.45. The van der Waals surface area contributed by atoms with E-state index in [1.807, 2.05) is 30.3 Å². The summed E-state index contributed by atoms with van der Waals surface area (Å²) in [6, 6.07) is 12.9. The molecule has 0 radical (unpaired) electrons. The summed E-state index contributed by atoms with van der Waals surface area (Å²) in [7, 11) is 0. The molecule has 0 aliphatic heterocycles. The number of carbonyl (C=O) groups excluding carboxylic acids is 1. The van der Waals surface area contributed by atoms with E-state index in [9.17, 15) is 14.7 Å². The minimum Gasteiger partial charge on any atom is -0.494 e. The predicted molar refractivity (Wildman–Crippen MR) is 85.8 cm³/mol. The maximum atomic E-state index is 12.3.